The molecule has 2 aromatic rings. The predicted molar refractivity (Wildman–Crippen MR) is 109 cm³/mol. The fourth-order valence-electron chi connectivity index (χ4n) is 2.97. The number of hydrogen-bond acceptors (Lipinski definition) is 4. The molecule has 0 atom stereocenters. The first kappa shape index (κ1) is 21.4. The molecule has 0 spiro atoms. The average Bonchev–Trinajstić information content (AvgIpc) is 3.30. The Balaban J connectivity index is 1.69. The van der Waals surface area contributed by atoms with Gasteiger partial charge in [0.05, 0.1) is 26.8 Å². The topological polar surface area (TPSA) is 84.3 Å². The van der Waals surface area contributed by atoms with Crippen LogP contribution in [0.1, 0.15) is 29.6 Å². The number of amides is 1. The van der Waals surface area contributed by atoms with Crippen molar-refractivity contribution in [2.45, 2.75) is 30.7 Å². The van der Waals surface area contributed by atoms with Crippen LogP contribution in [-0.4, -0.2) is 48.0 Å². The third-order valence-electron chi connectivity index (χ3n) is 4.40. The van der Waals surface area contributed by atoms with Crippen molar-refractivity contribution in [1.82, 2.24) is 19.4 Å². The molecule has 1 saturated heterocycles. The van der Waals surface area contributed by atoms with Crippen LogP contribution in [0.15, 0.2) is 29.4 Å². The summed E-state index contributed by atoms with van der Waals surface area (Å²) in [5.41, 5.74) is 0.0750. The number of aryl methyl sites for hydroxylation is 1. The van der Waals surface area contributed by atoms with E-state index in [9.17, 15) is 13.2 Å². The Kier molecular flexibility index (Phi) is 6.88. The van der Waals surface area contributed by atoms with Gasteiger partial charge in [-0.1, -0.05) is 34.8 Å². The van der Waals surface area contributed by atoms with Crippen LogP contribution < -0.4 is 5.32 Å². The van der Waals surface area contributed by atoms with E-state index in [0.29, 0.717) is 37.6 Å². The minimum Gasteiger partial charge on any atom is -0.352 e. The lowest BCUT2D eigenvalue weighted by atomic mass is 10.2. The quantitative estimate of drug-likeness (QED) is 0.635. The van der Waals surface area contributed by atoms with Gasteiger partial charge in [-0.3, -0.25) is 9.48 Å². The van der Waals surface area contributed by atoms with E-state index in [1.54, 1.807) is 10.9 Å². The number of nitrogens with one attached hydrogen (secondary N) is 1. The number of carbonyl (C=O) groups is 1. The largest absolute Gasteiger partial charge is 0.352 e. The number of nitrogens with zero attached hydrogens (tertiary/aromatic N) is 3. The molecule has 1 aromatic heterocycles. The monoisotopic (exact) mass is 464 g/mol. The summed E-state index contributed by atoms with van der Waals surface area (Å²) >= 11 is 18.1. The summed E-state index contributed by atoms with van der Waals surface area (Å²) in [5, 5.41) is 7.44. The summed E-state index contributed by atoms with van der Waals surface area (Å²) in [7, 11) is -3.76. The Morgan fingerprint density at radius 2 is 1.86 bits per heavy atom. The van der Waals surface area contributed by atoms with Gasteiger partial charge in [-0.15, -0.1) is 0 Å². The average molecular weight is 466 g/mol. The van der Waals surface area contributed by atoms with Gasteiger partial charge in [0.1, 0.15) is 4.90 Å². The van der Waals surface area contributed by atoms with Crippen LogP contribution in [0, 0.1) is 0 Å². The number of halogens is 3. The van der Waals surface area contributed by atoms with Crippen LogP contribution in [0.25, 0.3) is 0 Å². The molecule has 1 aromatic carbocycles. The second-order valence-electron chi connectivity index (χ2n) is 6.40. The number of aromatic nitrogens is 2. The molecular formula is C17H19Cl3N4O3S. The Bertz CT molecular complexity index is 972. The lowest BCUT2D eigenvalue weighted by Gasteiger charge is -2.17. The zero-order valence-electron chi connectivity index (χ0n) is 14.9. The standard InChI is InChI=1S/C17H19Cl3N4O3S/c18-12-10-22-23(11-12)5-3-4-21-17(25)13-8-16(15(20)9-14(13)19)28(26,27)24-6-1-2-7-24/h8-11H,1-7H2,(H,21,25). The third-order valence-corrected chi connectivity index (χ3v) is 7.27. The third kappa shape index (κ3) is 4.80. The highest BCUT2D eigenvalue weighted by atomic mass is 35.5. The molecule has 11 heteroatoms. The van der Waals surface area contributed by atoms with E-state index in [-0.39, 0.29) is 20.5 Å². The maximum absolute atomic E-state index is 12.8. The van der Waals surface area contributed by atoms with Crippen molar-refractivity contribution in [2.75, 3.05) is 19.6 Å². The highest BCUT2D eigenvalue weighted by Gasteiger charge is 2.30. The molecule has 7 nitrogen and oxygen atoms in total. The van der Waals surface area contributed by atoms with E-state index in [1.807, 2.05) is 0 Å². The number of hydrogen-bond donors (Lipinski definition) is 1. The van der Waals surface area contributed by atoms with Gasteiger partial charge in [-0.2, -0.15) is 9.40 Å². The molecule has 1 aliphatic rings. The van der Waals surface area contributed by atoms with E-state index in [1.165, 1.54) is 22.6 Å². The van der Waals surface area contributed by atoms with E-state index < -0.39 is 15.9 Å². The summed E-state index contributed by atoms with van der Waals surface area (Å²) in [6, 6.07) is 2.55. The molecule has 28 heavy (non-hydrogen) atoms. The number of sulfonamides is 1. The Morgan fingerprint density at radius 3 is 2.50 bits per heavy atom. The SMILES string of the molecule is O=C(NCCCn1cc(Cl)cn1)c1cc(S(=O)(=O)N2CCCC2)c(Cl)cc1Cl. The van der Waals surface area contributed by atoms with Crippen LogP contribution in [0.3, 0.4) is 0 Å². The van der Waals surface area contributed by atoms with Gasteiger partial charge in [-0.25, -0.2) is 8.42 Å². The second kappa shape index (κ2) is 9.00. The van der Waals surface area contributed by atoms with Gasteiger partial charge in [-0.05, 0) is 31.4 Å². The smallest absolute Gasteiger partial charge is 0.252 e. The summed E-state index contributed by atoms with van der Waals surface area (Å²) in [5.74, 6) is -0.460. The Morgan fingerprint density at radius 1 is 1.14 bits per heavy atom. The molecule has 0 bridgehead atoms. The van der Waals surface area contributed by atoms with Gasteiger partial charge in [0, 0.05) is 32.4 Å². The van der Waals surface area contributed by atoms with Crippen LogP contribution in [0.4, 0.5) is 0 Å². The van der Waals surface area contributed by atoms with E-state index in [2.05, 4.69) is 10.4 Å². The molecule has 2 heterocycles. The first-order valence-electron chi connectivity index (χ1n) is 8.74. The van der Waals surface area contributed by atoms with Gasteiger partial charge < -0.3 is 5.32 Å². The fraction of sp³-hybridized carbons (Fsp3) is 0.412. The molecule has 1 aliphatic heterocycles. The van der Waals surface area contributed by atoms with E-state index in [4.69, 9.17) is 34.8 Å². The summed E-state index contributed by atoms with van der Waals surface area (Å²) in [6.07, 6.45) is 5.46. The number of benzene rings is 1. The normalized spacial score (nSPS) is 15.1. The molecular weight excluding hydrogens is 447 g/mol. The summed E-state index contributed by atoms with van der Waals surface area (Å²) in [6.45, 7) is 1.83. The minimum atomic E-state index is -3.76. The lowest BCUT2D eigenvalue weighted by Crippen LogP contribution is -2.29. The van der Waals surface area contributed by atoms with Crippen molar-refractivity contribution in [3.05, 3.63) is 45.2 Å². The molecule has 152 valence electrons. The van der Waals surface area contributed by atoms with Crippen LogP contribution in [0.2, 0.25) is 15.1 Å². The molecule has 0 radical (unpaired) electrons. The maximum Gasteiger partial charge on any atom is 0.252 e. The van der Waals surface area contributed by atoms with Crippen molar-refractivity contribution in [1.29, 1.82) is 0 Å². The van der Waals surface area contributed by atoms with Crippen molar-refractivity contribution in [3.8, 4) is 0 Å². The lowest BCUT2D eigenvalue weighted by molar-refractivity contribution is 0.0952. The first-order valence-corrected chi connectivity index (χ1v) is 11.3. The highest BCUT2D eigenvalue weighted by molar-refractivity contribution is 7.89. The van der Waals surface area contributed by atoms with Gasteiger partial charge >= 0.3 is 0 Å². The molecule has 1 amide bonds. The van der Waals surface area contributed by atoms with Crippen molar-refractivity contribution >= 4 is 50.7 Å². The molecule has 1 fully saturated rings. The van der Waals surface area contributed by atoms with Gasteiger partial charge in [0.2, 0.25) is 10.0 Å². The molecule has 3 rings (SSSR count). The van der Waals surface area contributed by atoms with E-state index in [0.717, 1.165) is 12.8 Å². The molecule has 0 aliphatic carbocycles. The van der Waals surface area contributed by atoms with Crippen LogP contribution in [0.5, 0.6) is 0 Å². The Labute approximate surface area is 178 Å². The first-order chi connectivity index (χ1) is 13.3. The van der Waals surface area contributed by atoms with Crippen molar-refractivity contribution < 1.29 is 13.2 Å². The summed E-state index contributed by atoms with van der Waals surface area (Å²) < 4.78 is 28.7. The number of carbonyl (C=O) groups excluding carboxylic acids is 1. The molecule has 1 N–H and O–H groups in total. The molecule has 0 saturated carbocycles. The highest BCUT2D eigenvalue weighted by Crippen LogP contribution is 2.32. The number of rotatable bonds is 7. The Hall–Kier alpha value is -1.32. The predicted octanol–water partition coefficient (Wildman–Crippen LogP) is 3.45. The summed E-state index contributed by atoms with van der Waals surface area (Å²) in [4.78, 5) is 12.4. The second-order valence-corrected chi connectivity index (χ2v) is 9.56. The van der Waals surface area contributed by atoms with E-state index >= 15 is 0 Å². The van der Waals surface area contributed by atoms with Crippen LogP contribution >= 0.6 is 34.8 Å². The van der Waals surface area contributed by atoms with Crippen LogP contribution in [-0.2, 0) is 16.6 Å². The van der Waals surface area contributed by atoms with Crippen molar-refractivity contribution in [2.24, 2.45) is 0 Å². The van der Waals surface area contributed by atoms with Gasteiger partial charge in [0.25, 0.3) is 5.91 Å². The maximum atomic E-state index is 12.8. The van der Waals surface area contributed by atoms with Gasteiger partial charge in [0.15, 0.2) is 0 Å². The zero-order chi connectivity index (χ0) is 20.3. The van der Waals surface area contributed by atoms with Crippen molar-refractivity contribution in [3.63, 3.8) is 0 Å². The fourth-order valence-corrected chi connectivity index (χ4v) is 5.47. The minimum absolute atomic E-state index is 0.00371. The zero-order valence-corrected chi connectivity index (χ0v) is 18.0. The molecule has 0 unspecified atom stereocenters.